The Bertz CT molecular complexity index is 1050. The summed E-state index contributed by atoms with van der Waals surface area (Å²) in [5.74, 6) is -0.260. The van der Waals surface area contributed by atoms with Crippen LogP contribution in [0.25, 0.3) is 5.69 Å². The fourth-order valence-electron chi connectivity index (χ4n) is 2.73. The van der Waals surface area contributed by atoms with E-state index in [1.54, 1.807) is 55.9 Å². The molecular formula is C22H23BrN4O3. The smallest absolute Gasteiger partial charge is 0.412 e. The zero-order valence-corrected chi connectivity index (χ0v) is 18.8. The molecule has 0 bridgehead atoms. The average molecular weight is 471 g/mol. The van der Waals surface area contributed by atoms with E-state index in [0.29, 0.717) is 16.9 Å². The Kier molecular flexibility index (Phi) is 6.26. The topological polar surface area (TPSA) is 85.2 Å². The van der Waals surface area contributed by atoms with Crippen molar-refractivity contribution in [3.63, 3.8) is 0 Å². The number of carbonyl (C=O) groups excluding carboxylic acids is 2. The first kappa shape index (κ1) is 21.6. The molecule has 2 aromatic carbocycles. The highest BCUT2D eigenvalue weighted by molar-refractivity contribution is 9.10. The van der Waals surface area contributed by atoms with Crippen molar-refractivity contribution in [2.45, 2.75) is 33.3 Å². The van der Waals surface area contributed by atoms with Crippen molar-refractivity contribution < 1.29 is 14.3 Å². The zero-order valence-electron chi connectivity index (χ0n) is 17.2. The maximum absolute atomic E-state index is 12.7. The lowest BCUT2D eigenvalue weighted by molar-refractivity contribution is 0.0635. The molecular weight excluding hydrogens is 448 g/mol. The largest absolute Gasteiger partial charge is 0.444 e. The van der Waals surface area contributed by atoms with Crippen LogP contribution in [0.3, 0.4) is 0 Å². The normalized spacial score (nSPS) is 11.1. The lowest BCUT2D eigenvalue weighted by atomic mass is 10.2. The van der Waals surface area contributed by atoms with Crippen LogP contribution in [0.5, 0.6) is 0 Å². The number of ether oxygens (including phenoxy) is 1. The highest BCUT2D eigenvalue weighted by Gasteiger charge is 2.17. The molecule has 0 atom stereocenters. The van der Waals surface area contributed by atoms with E-state index in [0.717, 1.165) is 15.9 Å². The van der Waals surface area contributed by atoms with Gasteiger partial charge in [-0.25, -0.2) is 9.48 Å². The van der Waals surface area contributed by atoms with Gasteiger partial charge in [-0.3, -0.25) is 10.1 Å². The summed E-state index contributed by atoms with van der Waals surface area (Å²) in [4.78, 5) is 24.5. The molecule has 0 saturated heterocycles. The van der Waals surface area contributed by atoms with Crippen LogP contribution in [0.1, 0.15) is 36.8 Å². The quantitative estimate of drug-likeness (QED) is 0.523. The van der Waals surface area contributed by atoms with Gasteiger partial charge in [-0.1, -0.05) is 15.9 Å². The van der Waals surface area contributed by atoms with Crippen LogP contribution >= 0.6 is 15.9 Å². The minimum Gasteiger partial charge on any atom is -0.444 e. The maximum atomic E-state index is 12.7. The summed E-state index contributed by atoms with van der Waals surface area (Å²) in [5.41, 5.74) is 2.68. The number of benzene rings is 2. The second kappa shape index (κ2) is 8.71. The van der Waals surface area contributed by atoms with Gasteiger partial charge in [0.1, 0.15) is 5.60 Å². The molecule has 2 amide bonds. The number of carbonyl (C=O) groups is 2. The number of aromatic nitrogens is 2. The summed E-state index contributed by atoms with van der Waals surface area (Å²) in [6.07, 6.45) is 1.01. The van der Waals surface area contributed by atoms with Crippen LogP contribution in [-0.4, -0.2) is 27.4 Å². The summed E-state index contributed by atoms with van der Waals surface area (Å²) >= 11 is 3.41. The van der Waals surface area contributed by atoms with Crippen molar-refractivity contribution in [3.8, 4) is 5.69 Å². The minimum absolute atomic E-state index is 0.260. The van der Waals surface area contributed by atoms with Gasteiger partial charge in [0.25, 0.3) is 5.91 Å². The van der Waals surface area contributed by atoms with Crippen molar-refractivity contribution in [2.24, 2.45) is 0 Å². The third-order valence-corrected chi connectivity index (χ3v) is 4.64. The lowest BCUT2D eigenvalue weighted by Gasteiger charge is -2.19. The van der Waals surface area contributed by atoms with Crippen molar-refractivity contribution in [3.05, 3.63) is 70.5 Å². The molecule has 0 aliphatic rings. The molecule has 1 aromatic heterocycles. The van der Waals surface area contributed by atoms with Crippen LogP contribution in [0.15, 0.2) is 59.2 Å². The standard InChI is InChI=1S/C22H23BrN4O3/c1-14-19(13-24-27(14)18-11-5-15(23)6-12-18)20(28)25-16-7-9-17(10-8-16)26-21(29)30-22(2,3)4/h5-13H,1-4H3,(H,25,28)(H,26,29). The van der Waals surface area contributed by atoms with E-state index in [4.69, 9.17) is 4.74 Å². The number of nitrogens with one attached hydrogen (secondary N) is 2. The van der Waals surface area contributed by atoms with Gasteiger partial charge in [0.15, 0.2) is 0 Å². The van der Waals surface area contributed by atoms with E-state index in [9.17, 15) is 9.59 Å². The Morgan fingerprint density at radius 3 is 2.10 bits per heavy atom. The predicted octanol–water partition coefficient (Wildman–Crippen LogP) is 5.54. The molecule has 30 heavy (non-hydrogen) atoms. The van der Waals surface area contributed by atoms with Crippen molar-refractivity contribution in [2.75, 3.05) is 10.6 Å². The first-order valence-electron chi connectivity index (χ1n) is 9.34. The fraction of sp³-hybridized carbons (Fsp3) is 0.227. The zero-order chi connectivity index (χ0) is 21.9. The monoisotopic (exact) mass is 470 g/mol. The first-order valence-corrected chi connectivity index (χ1v) is 10.1. The Balaban J connectivity index is 1.66. The molecule has 8 heteroatoms. The molecule has 156 valence electrons. The van der Waals surface area contributed by atoms with Gasteiger partial charge in [-0.2, -0.15) is 5.10 Å². The van der Waals surface area contributed by atoms with Crippen LogP contribution in [-0.2, 0) is 4.74 Å². The number of hydrogen-bond acceptors (Lipinski definition) is 4. The predicted molar refractivity (Wildman–Crippen MR) is 120 cm³/mol. The van der Waals surface area contributed by atoms with E-state index in [1.165, 1.54) is 0 Å². The second-order valence-electron chi connectivity index (χ2n) is 7.69. The fourth-order valence-corrected chi connectivity index (χ4v) is 3.00. The third kappa shape index (κ3) is 5.48. The molecule has 3 aromatic rings. The Labute approximate surface area is 183 Å². The lowest BCUT2D eigenvalue weighted by Crippen LogP contribution is -2.27. The summed E-state index contributed by atoms with van der Waals surface area (Å²) in [5, 5.41) is 9.84. The van der Waals surface area contributed by atoms with Crippen molar-refractivity contribution in [1.29, 1.82) is 0 Å². The van der Waals surface area contributed by atoms with E-state index in [2.05, 4.69) is 31.7 Å². The Morgan fingerprint density at radius 1 is 0.967 bits per heavy atom. The Morgan fingerprint density at radius 2 is 1.53 bits per heavy atom. The van der Waals surface area contributed by atoms with Crippen LogP contribution in [0, 0.1) is 6.92 Å². The van der Waals surface area contributed by atoms with Gasteiger partial charge in [0.2, 0.25) is 0 Å². The molecule has 3 rings (SSSR count). The number of nitrogens with zero attached hydrogens (tertiary/aromatic N) is 2. The highest BCUT2D eigenvalue weighted by Crippen LogP contribution is 2.20. The average Bonchev–Trinajstić information content (AvgIpc) is 3.04. The summed E-state index contributed by atoms with van der Waals surface area (Å²) < 4.78 is 7.91. The molecule has 7 nitrogen and oxygen atoms in total. The first-order chi connectivity index (χ1) is 14.1. The van der Waals surface area contributed by atoms with Crippen molar-refractivity contribution in [1.82, 2.24) is 9.78 Å². The number of hydrogen-bond donors (Lipinski definition) is 2. The number of amides is 2. The highest BCUT2D eigenvalue weighted by atomic mass is 79.9. The van der Waals surface area contributed by atoms with Gasteiger partial charge < -0.3 is 10.1 Å². The van der Waals surface area contributed by atoms with Crippen molar-refractivity contribution >= 4 is 39.3 Å². The molecule has 0 saturated carbocycles. The van der Waals surface area contributed by atoms with Crippen LogP contribution in [0.4, 0.5) is 16.2 Å². The van der Waals surface area contributed by atoms with E-state index >= 15 is 0 Å². The van der Waals surface area contributed by atoms with Gasteiger partial charge in [0, 0.05) is 15.8 Å². The Hall–Kier alpha value is -3.13. The molecule has 1 heterocycles. The molecule has 0 unspecified atom stereocenters. The molecule has 0 spiro atoms. The van der Waals surface area contributed by atoms with Gasteiger partial charge in [-0.15, -0.1) is 0 Å². The second-order valence-corrected chi connectivity index (χ2v) is 8.61. The third-order valence-electron chi connectivity index (χ3n) is 4.11. The summed E-state index contributed by atoms with van der Waals surface area (Å²) in [6, 6.07) is 14.5. The SMILES string of the molecule is Cc1c(C(=O)Nc2ccc(NC(=O)OC(C)(C)C)cc2)cnn1-c1ccc(Br)cc1. The number of anilines is 2. The molecule has 2 N–H and O–H groups in total. The molecule has 0 aliphatic heterocycles. The van der Waals surface area contributed by atoms with Crippen LogP contribution in [0.2, 0.25) is 0 Å². The maximum Gasteiger partial charge on any atom is 0.412 e. The van der Waals surface area contributed by atoms with Gasteiger partial charge >= 0.3 is 6.09 Å². The van der Waals surface area contributed by atoms with Gasteiger partial charge in [0.05, 0.1) is 23.1 Å². The number of rotatable bonds is 4. The van der Waals surface area contributed by atoms with Gasteiger partial charge in [-0.05, 0) is 76.2 Å². The minimum atomic E-state index is -0.573. The summed E-state index contributed by atoms with van der Waals surface area (Å²) in [6.45, 7) is 7.24. The van der Waals surface area contributed by atoms with Crippen LogP contribution < -0.4 is 10.6 Å². The molecule has 0 radical (unpaired) electrons. The summed E-state index contributed by atoms with van der Waals surface area (Å²) in [7, 11) is 0. The van der Waals surface area contributed by atoms with E-state index in [-0.39, 0.29) is 5.91 Å². The van der Waals surface area contributed by atoms with E-state index < -0.39 is 11.7 Å². The number of halogens is 1. The van der Waals surface area contributed by atoms with E-state index in [1.807, 2.05) is 31.2 Å². The molecule has 0 fully saturated rings. The molecule has 0 aliphatic carbocycles.